The highest BCUT2D eigenvalue weighted by Gasteiger charge is 2.47. The minimum atomic E-state index is -1.66. The molecule has 2 aromatic carbocycles. The third kappa shape index (κ3) is 5.82. The van der Waals surface area contributed by atoms with Gasteiger partial charge < -0.3 is 44.8 Å². The van der Waals surface area contributed by atoms with Gasteiger partial charge in [0.2, 0.25) is 6.29 Å². The number of esters is 1. The maximum atomic E-state index is 12.2. The Bertz CT molecular complexity index is 1060. The summed E-state index contributed by atoms with van der Waals surface area (Å²) in [5, 5.41) is 67.6. The first kappa shape index (κ1) is 25.0. The SMILES string of the molecule is N#CC(O)c1ccc(O[C@@H]2O[C@H](CO)[C@H](OC(=O)C=Cc3ccc(O)c(O)c3)[C@@H](O)[C@H]2O)cc1. The van der Waals surface area contributed by atoms with Crippen LogP contribution in [0.2, 0.25) is 0 Å². The number of hydrogen-bond acceptors (Lipinski definition) is 11. The first-order valence-corrected chi connectivity index (χ1v) is 10.1. The van der Waals surface area contributed by atoms with Gasteiger partial charge in [0.25, 0.3) is 0 Å². The summed E-state index contributed by atoms with van der Waals surface area (Å²) in [6, 6.07) is 11.3. The first-order valence-electron chi connectivity index (χ1n) is 10.1. The molecule has 11 heteroatoms. The summed E-state index contributed by atoms with van der Waals surface area (Å²) in [5.41, 5.74) is 0.712. The van der Waals surface area contributed by atoms with Gasteiger partial charge in [-0.1, -0.05) is 18.2 Å². The topological polar surface area (TPSA) is 190 Å². The number of rotatable bonds is 7. The van der Waals surface area contributed by atoms with Crippen molar-refractivity contribution in [3.63, 3.8) is 0 Å². The third-order valence-electron chi connectivity index (χ3n) is 5.05. The molecule has 34 heavy (non-hydrogen) atoms. The van der Waals surface area contributed by atoms with E-state index in [1.807, 2.05) is 0 Å². The molecule has 1 fully saturated rings. The molecule has 180 valence electrons. The molecule has 0 saturated carbocycles. The van der Waals surface area contributed by atoms with E-state index < -0.39 is 49.4 Å². The van der Waals surface area contributed by atoms with Gasteiger partial charge in [0.15, 0.2) is 23.7 Å². The monoisotopic (exact) mass is 473 g/mol. The van der Waals surface area contributed by atoms with Gasteiger partial charge in [-0.05, 0) is 41.5 Å². The van der Waals surface area contributed by atoms with Crippen LogP contribution in [0.25, 0.3) is 6.08 Å². The molecule has 1 heterocycles. The molecule has 3 rings (SSSR count). The molecule has 2 aromatic rings. The number of carbonyl (C=O) groups excluding carboxylic acids is 1. The van der Waals surface area contributed by atoms with Crippen LogP contribution in [-0.2, 0) is 14.3 Å². The van der Waals surface area contributed by atoms with Crippen LogP contribution in [0.3, 0.4) is 0 Å². The molecule has 11 nitrogen and oxygen atoms in total. The van der Waals surface area contributed by atoms with Gasteiger partial charge in [-0.15, -0.1) is 0 Å². The van der Waals surface area contributed by atoms with Crippen molar-refractivity contribution in [2.45, 2.75) is 36.8 Å². The third-order valence-corrected chi connectivity index (χ3v) is 5.05. The van der Waals surface area contributed by atoms with E-state index in [2.05, 4.69) is 0 Å². The van der Waals surface area contributed by atoms with Crippen molar-refractivity contribution in [1.82, 2.24) is 0 Å². The zero-order chi connectivity index (χ0) is 24.8. The lowest BCUT2D eigenvalue weighted by molar-refractivity contribution is -0.280. The van der Waals surface area contributed by atoms with Crippen LogP contribution < -0.4 is 4.74 Å². The van der Waals surface area contributed by atoms with E-state index in [0.717, 1.165) is 6.08 Å². The number of aromatic hydroxyl groups is 2. The molecule has 0 aromatic heterocycles. The summed E-state index contributed by atoms with van der Waals surface area (Å²) in [7, 11) is 0. The number of hydrogen-bond donors (Lipinski definition) is 6. The lowest BCUT2D eigenvalue weighted by atomic mass is 9.99. The summed E-state index contributed by atoms with van der Waals surface area (Å²) in [4.78, 5) is 12.2. The van der Waals surface area contributed by atoms with Gasteiger partial charge in [-0.25, -0.2) is 4.79 Å². The van der Waals surface area contributed by atoms with E-state index in [0.29, 0.717) is 11.1 Å². The molecule has 1 saturated heterocycles. The second-order valence-corrected chi connectivity index (χ2v) is 7.41. The van der Waals surface area contributed by atoms with Crippen LogP contribution in [-0.4, -0.2) is 73.9 Å². The summed E-state index contributed by atoms with van der Waals surface area (Å²) < 4.78 is 16.2. The van der Waals surface area contributed by atoms with Gasteiger partial charge >= 0.3 is 5.97 Å². The number of nitrogens with zero attached hydrogens (tertiary/aromatic N) is 1. The second kappa shape index (κ2) is 11.0. The smallest absolute Gasteiger partial charge is 0.331 e. The first-order chi connectivity index (χ1) is 16.2. The Labute approximate surface area is 193 Å². The van der Waals surface area contributed by atoms with E-state index in [4.69, 9.17) is 19.5 Å². The number of carbonyl (C=O) groups is 1. The van der Waals surface area contributed by atoms with Crippen LogP contribution in [0.4, 0.5) is 0 Å². The van der Waals surface area contributed by atoms with Crippen molar-refractivity contribution in [2.24, 2.45) is 0 Å². The van der Waals surface area contributed by atoms with Crippen molar-refractivity contribution in [2.75, 3.05) is 6.61 Å². The van der Waals surface area contributed by atoms with Gasteiger partial charge in [0, 0.05) is 6.08 Å². The van der Waals surface area contributed by atoms with Gasteiger partial charge in [-0.2, -0.15) is 5.26 Å². The minimum absolute atomic E-state index is 0.192. The van der Waals surface area contributed by atoms with Crippen molar-refractivity contribution < 1.29 is 49.6 Å². The Kier molecular flexibility index (Phi) is 8.06. The lowest BCUT2D eigenvalue weighted by Crippen LogP contribution is -2.61. The molecule has 0 spiro atoms. The molecule has 0 amide bonds. The Hall–Kier alpha value is -3.66. The Balaban J connectivity index is 1.64. The van der Waals surface area contributed by atoms with E-state index in [9.17, 15) is 35.4 Å². The van der Waals surface area contributed by atoms with Crippen LogP contribution >= 0.6 is 0 Å². The highest BCUT2D eigenvalue weighted by Crippen LogP contribution is 2.28. The summed E-state index contributed by atoms with van der Waals surface area (Å²) in [6.07, 6.45) is -6.38. The molecular formula is C23H23NO10. The van der Waals surface area contributed by atoms with Crippen molar-refractivity contribution in [1.29, 1.82) is 5.26 Å². The molecule has 6 N–H and O–H groups in total. The van der Waals surface area contributed by atoms with E-state index >= 15 is 0 Å². The minimum Gasteiger partial charge on any atom is -0.504 e. The molecule has 1 unspecified atom stereocenters. The molecule has 1 aliphatic rings. The number of benzene rings is 2. The zero-order valence-electron chi connectivity index (χ0n) is 17.6. The summed E-state index contributed by atoms with van der Waals surface area (Å²) in [5.74, 6) is -1.43. The average Bonchev–Trinajstić information content (AvgIpc) is 2.84. The second-order valence-electron chi connectivity index (χ2n) is 7.41. The highest BCUT2D eigenvalue weighted by molar-refractivity contribution is 5.87. The number of aliphatic hydroxyl groups is 4. The Morgan fingerprint density at radius 2 is 1.82 bits per heavy atom. The molecule has 1 aliphatic heterocycles. The fraction of sp³-hybridized carbons (Fsp3) is 0.304. The predicted molar refractivity (Wildman–Crippen MR) is 114 cm³/mol. The van der Waals surface area contributed by atoms with Crippen molar-refractivity contribution in [3.05, 3.63) is 59.7 Å². The molecule has 6 atom stereocenters. The Morgan fingerprint density at radius 3 is 2.44 bits per heavy atom. The molecule has 0 radical (unpaired) electrons. The van der Waals surface area contributed by atoms with Crippen LogP contribution in [0.15, 0.2) is 48.5 Å². The van der Waals surface area contributed by atoms with Crippen molar-refractivity contribution in [3.8, 4) is 23.3 Å². The highest BCUT2D eigenvalue weighted by atomic mass is 16.7. The number of nitriles is 1. The van der Waals surface area contributed by atoms with Gasteiger partial charge in [0.1, 0.15) is 24.1 Å². The van der Waals surface area contributed by atoms with Crippen LogP contribution in [0.5, 0.6) is 17.2 Å². The molecule has 0 aliphatic carbocycles. The van der Waals surface area contributed by atoms with E-state index in [-0.39, 0.29) is 17.2 Å². The predicted octanol–water partition coefficient (Wildman–Crippen LogP) is 0.0978. The van der Waals surface area contributed by atoms with Crippen LogP contribution in [0, 0.1) is 11.3 Å². The summed E-state index contributed by atoms with van der Waals surface area (Å²) >= 11 is 0. The summed E-state index contributed by atoms with van der Waals surface area (Å²) in [6.45, 7) is -0.662. The van der Waals surface area contributed by atoms with Gasteiger partial charge in [-0.3, -0.25) is 0 Å². The standard InChI is InChI=1S/C23H23NO10/c24-10-17(28)13-3-5-14(6-4-13)32-23-21(31)20(30)22(18(11-25)33-23)34-19(29)8-2-12-1-7-15(26)16(27)9-12/h1-9,17-18,20-23,25-28,30-31H,11H2/t17?,18-,20+,21-,22+,23-/m1/s1. The molecular weight excluding hydrogens is 450 g/mol. The lowest BCUT2D eigenvalue weighted by Gasteiger charge is -2.41. The zero-order valence-corrected chi connectivity index (χ0v) is 17.6. The fourth-order valence-corrected chi connectivity index (χ4v) is 3.21. The van der Waals surface area contributed by atoms with E-state index in [1.54, 1.807) is 6.07 Å². The normalized spacial score (nSPS) is 25.4. The maximum Gasteiger partial charge on any atom is 0.331 e. The molecule has 0 bridgehead atoms. The van der Waals surface area contributed by atoms with Gasteiger partial charge in [0.05, 0.1) is 12.7 Å². The quantitative estimate of drug-likeness (QED) is 0.138. The number of aliphatic hydroxyl groups excluding tert-OH is 4. The Morgan fingerprint density at radius 1 is 1.12 bits per heavy atom. The maximum absolute atomic E-state index is 12.2. The number of phenolic OH excluding ortho intramolecular Hbond substituents is 2. The van der Waals surface area contributed by atoms with E-state index in [1.165, 1.54) is 48.5 Å². The average molecular weight is 473 g/mol. The van der Waals surface area contributed by atoms with Crippen molar-refractivity contribution >= 4 is 12.0 Å². The number of ether oxygens (including phenoxy) is 3. The number of phenols is 2. The van der Waals surface area contributed by atoms with Crippen LogP contribution in [0.1, 0.15) is 17.2 Å². The largest absolute Gasteiger partial charge is 0.504 e. The fourth-order valence-electron chi connectivity index (χ4n) is 3.21.